The van der Waals surface area contributed by atoms with Gasteiger partial charge in [0.1, 0.15) is 0 Å². The Morgan fingerprint density at radius 1 is 1.20 bits per heavy atom. The van der Waals surface area contributed by atoms with Crippen LogP contribution < -0.4 is 11.1 Å². The zero-order valence-corrected chi connectivity index (χ0v) is 12.9. The summed E-state index contributed by atoms with van der Waals surface area (Å²) in [6.45, 7) is 2.47. The van der Waals surface area contributed by atoms with E-state index in [1.165, 1.54) is 0 Å². The minimum Gasteiger partial charge on any atom is -0.399 e. The van der Waals surface area contributed by atoms with Gasteiger partial charge in [-0.15, -0.1) is 0 Å². The van der Waals surface area contributed by atoms with Crippen LogP contribution in [0.25, 0.3) is 0 Å². The Balaban J connectivity index is 1.92. The van der Waals surface area contributed by atoms with E-state index in [2.05, 4.69) is 21.2 Å². The van der Waals surface area contributed by atoms with Crippen LogP contribution >= 0.6 is 15.9 Å². The molecule has 0 bridgehead atoms. The van der Waals surface area contributed by atoms with Crippen molar-refractivity contribution in [3.63, 3.8) is 0 Å². The van der Waals surface area contributed by atoms with E-state index in [9.17, 15) is 4.79 Å². The Kier molecular flexibility index (Phi) is 4.79. The number of hydrogen-bond acceptors (Lipinski definition) is 2. The van der Waals surface area contributed by atoms with Crippen molar-refractivity contribution in [1.82, 2.24) is 5.32 Å². The van der Waals surface area contributed by atoms with Crippen molar-refractivity contribution < 1.29 is 4.79 Å². The fourth-order valence-corrected chi connectivity index (χ4v) is 2.20. The lowest BCUT2D eigenvalue weighted by Crippen LogP contribution is -2.25. The topological polar surface area (TPSA) is 55.1 Å². The molecule has 0 unspecified atom stereocenters. The van der Waals surface area contributed by atoms with Crippen molar-refractivity contribution in [2.24, 2.45) is 0 Å². The minimum atomic E-state index is 0.00847. The number of anilines is 1. The first-order chi connectivity index (χ1) is 9.56. The Labute approximate surface area is 127 Å². The molecule has 104 valence electrons. The van der Waals surface area contributed by atoms with Gasteiger partial charge in [0.25, 0.3) is 0 Å². The molecule has 20 heavy (non-hydrogen) atoms. The number of nitrogens with two attached hydrogens (primary N) is 1. The van der Waals surface area contributed by atoms with Gasteiger partial charge in [-0.3, -0.25) is 4.79 Å². The van der Waals surface area contributed by atoms with Crippen LogP contribution in [-0.4, -0.2) is 5.91 Å². The van der Waals surface area contributed by atoms with E-state index in [0.29, 0.717) is 13.0 Å². The van der Waals surface area contributed by atoms with Gasteiger partial charge in [-0.2, -0.15) is 0 Å². The fraction of sp³-hybridized carbons (Fsp3) is 0.188. The first kappa shape index (κ1) is 14.6. The van der Waals surface area contributed by atoms with E-state index in [0.717, 1.165) is 26.9 Å². The van der Waals surface area contributed by atoms with E-state index in [1.807, 2.05) is 49.4 Å². The fourth-order valence-electron chi connectivity index (χ4n) is 1.94. The number of carbonyl (C=O) groups excluding carboxylic acids is 1. The zero-order valence-electron chi connectivity index (χ0n) is 11.3. The number of nitrogen functional groups attached to an aromatic ring is 1. The maximum atomic E-state index is 11.9. The van der Waals surface area contributed by atoms with Gasteiger partial charge in [0.15, 0.2) is 0 Å². The second kappa shape index (κ2) is 6.57. The second-order valence-electron chi connectivity index (χ2n) is 4.71. The molecule has 2 aromatic carbocycles. The number of amides is 1. The highest BCUT2D eigenvalue weighted by molar-refractivity contribution is 9.10. The number of carbonyl (C=O) groups is 1. The summed E-state index contributed by atoms with van der Waals surface area (Å²) in [6.07, 6.45) is 0.384. The first-order valence-electron chi connectivity index (χ1n) is 6.41. The number of benzene rings is 2. The van der Waals surface area contributed by atoms with Crippen molar-refractivity contribution in [3.8, 4) is 0 Å². The maximum Gasteiger partial charge on any atom is 0.224 e. The molecule has 0 aliphatic carbocycles. The van der Waals surface area contributed by atoms with E-state index in [1.54, 1.807) is 0 Å². The quantitative estimate of drug-likeness (QED) is 0.845. The molecule has 2 rings (SSSR count). The number of rotatable bonds is 4. The van der Waals surface area contributed by atoms with Gasteiger partial charge in [0.2, 0.25) is 5.91 Å². The summed E-state index contributed by atoms with van der Waals surface area (Å²) in [4.78, 5) is 11.9. The third-order valence-corrected chi connectivity index (χ3v) is 3.77. The molecule has 1 amide bonds. The molecule has 0 fully saturated rings. The van der Waals surface area contributed by atoms with Crippen LogP contribution in [0.1, 0.15) is 16.7 Å². The van der Waals surface area contributed by atoms with Crippen molar-refractivity contribution in [1.29, 1.82) is 0 Å². The van der Waals surface area contributed by atoms with Crippen LogP contribution in [0.5, 0.6) is 0 Å². The van der Waals surface area contributed by atoms with Gasteiger partial charge >= 0.3 is 0 Å². The zero-order chi connectivity index (χ0) is 14.5. The smallest absolute Gasteiger partial charge is 0.224 e. The van der Waals surface area contributed by atoms with Crippen molar-refractivity contribution in [3.05, 3.63) is 63.6 Å². The minimum absolute atomic E-state index is 0.00847. The molecular formula is C16H17BrN2O. The second-order valence-corrected chi connectivity index (χ2v) is 5.63. The van der Waals surface area contributed by atoms with Crippen molar-refractivity contribution in [2.75, 3.05) is 5.73 Å². The van der Waals surface area contributed by atoms with E-state index in [-0.39, 0.29) is 5.91 Å². The first-order valence-corrected chi connectivity index (χ1v) is 7.20. The molecule has 0 atom stereocenters. The third kappa shape index (κ3) is 3.84. The molecule has 3 N–H and O–H groups in total. The maximum absolute atomic E-state index is 11.9. The van der Waals surface area contributed by atoms with Gasteiger partial charge in [0.05, 0.1) is 6.42 Å². The van der Waals surface area contributed by atoms with Gasteiger partial charge in [-0.05, 0) is 41.8 Å². The van der Waals surface area contributed by atoms with Crippen LogP contribution in [0.4, 0.5) is 5.69 Å². The predicted octanol–water partition coefficient (Wildman–Crippen LogP) is 3.20. The molecule has 0 saturated heterocycles. The standard InChI is InChI=1S/C16H17BrN2O/c1-11-13(3-2-4-15(11)18)10-19-16(20)9-12-5-7-14(17)8-6-12/h2-8H,9-10,18H2,1H3,(H,19,20). The number of hydrogen-bond donors (Lipinski definition) is 2. The average Bonchev–Trinajstić information content (AvgIpc) is 2.43. The molecule has 3 nitrogen and oxygen atoms in total. The molecule has 2 aromatic rings. The van der Waals surface area contributed by atoms with Crippen molar-refractivity contribution >= 4 is 27.5 Å². The summed E-state index contributed by atoms with van der Waals surface area (Å²) < 4.78 is 1.01. The molecule has 0 aliphatic heterocycles. The highest BCUT2D eigenvalue weighted by atomic mass is 79.9. The molecule has 0 aromatic heterocycles. The van der Waals surface area contributed by atoms with E-state index in [4.69, 9.17) is 5.73 Å². The largest absolute Gasteiger partial charge is 0.399 e. The number of nitrogens with one attached hydrogen (secondary N) is 1. The SMILES string of the molecule is Cc1c(N)cccc1CNC(=O)Cc1ccc(Br)cc1. The summed E-state index contributed by atoms with van der Waals surface area (Å²) >= 11 is 3.38. The van der Waals surface area contributed by atoms with Crippen LogP contribution in [0, 0.1) is 6.92 Å². The van der Waals surface area contributed by atoms with Gasteiger partial charge < -0.3 is 11.1 Å². The molecular weight excluding hydrogens is 316 g/mol. The molecule has 0 radical (unpaired) electrons. The van der Waals surface area contributed by atoms with Crippen molar-refractivity contribution in [2.45, 2.75) is 19.9 Å². The summed E-state index contributed by atoms with van der Waals surface area (Å²) in [6, 6.07) is 13.5. The Morgan fingerprint density at radius 2 is 1.90 bits per heavy atom. The van der Waals surface area contributed by atoms with Gasteiger partial charge in [0, 0.05) is 16.7 Å². The summed E-state index contributed by atoms with van der Waals surface area (Å²) in [7, 11) is 0. The Hall–Kier alpha value is -1.81. The highest BCUT2D eigenvalue weighted by Crippen LogP contribution is 2.15. The van der Waals surface area contributed by atoms with Crippen LogP contribution in [-0.2, 0) is 17.8 Å². The summed E-state index contributed by atoms with van der Waals surface area (Å²) in [5, 5.41) is 2.92. The van der Waals surface area contributed by atoms with Crippen LogP contribution in [0.3, 0.4) is 0 Å². The Bertz CT molecular complexity index is 608. The van der Waals surface area contributed by atoms with Crippen LogP contribution in [0.2, 0.25) is 0 Å². The normalized spacial score (nSPS) is 10.3. The summed E-state index contributed by atoms with van der Waals surface area (Å²) in [5.41, 5.74) is 9.67. The lowest BCUT2D eigenvalue weighted by molar-refractivity contribution is -0.120. The van der Waals surface area contributed by atoms with Crippen LogP contribution in [0.15, 0.2) is 46.9 Å². The molecule has 0 spiro atoms. The monoisotopic (exact) mass is 332 g/mol. The molecule has 0 aliphatic rings. The van der Waals surface area contributed by atoms with E-state index < -0.39 is 0 Å². The molecule has 0 saturated carbocycles. The third-order valence-electron chi connectivity index (χ3n) is 3.24. The lowest BCUT2D eigenvalue weighted by atomic mass is 10.1. The molecule has 4 heteroatoms. The highest BCUT2D eigenvalue weighted by Gasteiger charge is 2.05. The van der Waals surface area contributed by atoms with Gasteiger partial charge in [-0.1, -0.05) is 40.2 Å². The molecule has 0 heterocycles. The predicted molar refractivity (Wildman–Crippen MR) is 85.3 cm³/mol. The lowest BCUT2D eigenvalue weighted by Gasteiger charge is -2.10. The number of halogens is 1. The van der Waals surface area contributed by atoms with E-state index >= 15 is 0 Å². The summed E-state index contributed by atoms with van der Waals surface area (Å²) in [5.74, 6) is 0.00847. The Morgan fingerprint density at radius 3 is 2.60 bits per heavy atom. The van der Waals surface area contributed by atoms with Gasteiger partial charge in [-0.25, -0.2) is 0 Å². The average molecular weight is 333 g/mol.